The third-order valence-electron chi connectivity index (χ3n) is 4.94. The highest BCUT2D eigenvalue weighted by atomic mass is 16.2. The molecule has 2 heterocycles. The molecule has 2 aliphatic heterocycles. The molecule has 0 spiro atoms. The summed E-state index contributed by atoms with van der Waals surface area (Å²) in [5, 5.41) is 11.6. The predicted octanol–water partition coefficient (Wildman–Crippen LogP) is 4.36. The van der Waals surface area contributed by atoms with E-state index in [9.17, 15) is 9.59 Å². The highest BCUT2D eigenvalue weighted by molar-refractivity contribution is 6.21. The fraction of sp³-hybridized carbons (Fsp3) is 0.0909. The van der Waals surface area contributed by atoms with Crippen molar-refractivity contribution in [3.05, 3.63) is 102 Å². The van der Waals surface area contributed by atoms with E-state index in [0.29, 0.717) is 11.1 Å². The van der Waals surface area contributed by atoms with Gasteiger partial charge < -0.3 is 0 Å². The first-order chi connectivity index (χ1) is 13.8. The number of imide groups is 1. The second-order valence-corrected chi connectivity index (χ2v) is 6.67. The average Bonchev–Trinajstić information content (AvgIpc) is 3.40. The van der Waals surface area contributed by atoms with Crippen molar-refractivity contribution in [2.45, 2.75) is 12.2 Å². The van der Waals surface area contributed by atoms with Crippen LogP contribution in [-0.2, 0) is 0 Å². The molecule has 136 valence electrons. The Morgan fingerprint density at radius 1 is 0.679 bits per heavy atom. The zero-order valence-corrected chi connectivity index (χ0v) is 14.8. The molecule has 0 aliphatic carbocycles. The molecule has 0 radical (unpaired) electrons. The molecule has 2 amide bonds. The maximum absolute atomic E-state index is 12.9. The van der Waals surface area contributed by atoms with Gasteiger partial charge in [0, 0.05) is 0 Å². The summed E-state index contributed by atoms with van der Waals surface area (Å²) in [4.78, 5) is 25.8. The summed E-state index contributed by atoms with van der Waals surface area (Å²) in [6.07, 6.45) is -0.412. The van der Waals surface area contributed by atoms with Crippen LogP contribution in [-0.4, -0.2) is 28.0 Å². The average molecular weight is 368 g/mol. The van der Waals surface area contributed by atoms with Crippen molar-refractivity contribution in [3.63, 3.8) is 0 Å². The molecule has 3 aromatic rings. The first kappa shape index (κ1) is 16.5. The van der Waals surface area contributed by atoms with Crippen LogP contribution >= 0.6 is 0 Å². The van der Waals surface area contributed by atoms with Crippen LogP contribution in [0.25, 0.3) is 0 Å². The maximum Gasteiger partial charge on any atom is 0.276 e. The second-order valence-electron chi connectivity index (χ2n) is 6.67. The third kappa shape index (κ3) is 2.62. The number of fused-ring (bicyclic) bond motifs is 1. The fourth-order valence-corrected chi connectivity index (χ4v) is 3.55. The van der Waals surface area contributed by atoms with Gasteiger partial charge in [0.15, 0.2) is 6.17 Å². The van der Waals surface area contributed by atoms with Gasteiger partial charge in [0.2, 0.25) is 0 Å². The predicted molar refractivity (Wildman–Crippen MR) is 103 cm³/mol. The molecule has 0 saturated carbocycles. The molecule has 6 nitrogen and oxygen atoms in total. The van der Waals surface area contributed by atoms with E-state index in [2.05, 4.69) is 10.2 Å². The summed E-state index contributed by atoms with van der Waals surface area (Å²) in [7, 11) is 0. The quantitative estimate of drug-likeness (QED) is 0.390. The molecule has 1 fully saturated rings. The summed E-state index contributed by atoms with van der Waals surface area (Å²) < 4.78 is 0. The Hall–Kier alpha value is -3.64. The van der Waals surface area contributed by atoms with Crippen LogP contribution in [0.1, 0.15) is 32.3 Å². The molecule has 3 aromatic carbocycles. The minimum atomic E-state index is -0.412. The van der Waals surface area contributed by atoms with Crippen molar-refractivity contribution < 1.29 is 9.59 Å². The van der Waals surface area contributed by atoms with E-state index in [0.717, 1.165) is 11.3 Å². The number of hydrogen-bond acceptors (Lipinski definition) is 5. The highest BCUT2D eigenvalue weighted by Crippen LogP contribution is 2.48. The van der Waals surface area contributed by atoms with E-state index in [-0.39, 0.29) is 17.9 Å². The van der Waals surface area contributed by atoms with Crippen LogP contribution in [0.15, 0.2) is 95.2 Å². The van der Waals surface area contributed by atoms with Gasteiger partial charge in [0.1, 0.15) is 0 Å². The van der Waals surface area contributed by atoms with Gasteiger partial charge in [-0.15, -0.1) is 0 Å². The first-order valence-corrected chi connectivity index (χ1v) is 9.02. The minimum absolute atomic E-state index is 0.212. The summed E-state index contributed by atoms with van der Waals surface area (Å²) in [6.45, 7) is 0. The molecule has 0 bridgehead atoms. The molecule has 2 aliphatic rings. The Morgan fingerprint density at radius 3 is 1.82 bits per heavy atom. The number of carbonyl (C=O) groups excluding carboxylic acids is 2. The normalized spacial score (nSPS) is 23.3. The lowest BCUT2D eigenvalue weighted by Crippen LogP contribution is -2.36. The van der Waals surface area contributed by atoms with Crippen molar-refractivity contribution in [1.29, 1.82) is 0 Å². The first-order valence-electron chi connectivity index (χ1n) is 9.02. The van der Waals surface area contributed by atoms with Crippen LogP contribution < -0.4 is 0 Å². The number of benzene rings is 3. The van der Waals surface area contributed by atoms with Gasteiger partial charge in [-0.05, 0) is 29.8 Å². The lowest BCUT2D eigenvalue weighted by Gasteiger charge is -2.15. The largest absolute Gasteiger partial charge is 0.276 e. The molecule has 3 atom stereocenters. The van der Waals surface area contributed by atoms with Crippen molar-refractivity contribution >= 4 is 17.5 Å². The van der Waals surface area contributed by atoms with Crippen molar-refractivity contribution in [2.75, 3.05) is 0 Å². The zero-order valence-electron chi connectivity index (χ0n) is 14.8. The van der Waals surface area contributed by atoms with E-state index in [1.54, 1.807) is 29.3 Å². The summed E-state index contributed by atoms with van der Waals surface area (Å²) in [6, 6.07) is 25.8. The van der Waals surface area contributed by atoms with Crippen LogP contribution in [0.3, 0.4) is 0 Å². The summed E-state index contributed by atoms with van der Waals surface area (Å²) in [5.41, 5.74) is 2.55. The van der Waals surface area contributed by atoms with E-state index >= 15 is 0 Å². The Kier molecular flexibility index (Phi) is 3.84. The standard InChI is InChI=1S/C22H16N4O2/c27-21-17-13-7-8-14-18(17)22(28)26(21)25-19(15-9-3-1-4-10-15)20(25)24-23-16-11-5-2-6-12-16/h1-14,19-20H/t19-,20+,25?/m0/s1. The van der Waals surface area contributed by atoms with E-state index in [4.69, 9.17) is 0 Å². The SMILES string of the molecule is O=C1c2ccccc2C(=O)N1N1[C@@H](N=Nc2ccccc2)[C@@H]1c1ccccc1. The lowest BCUT2D eigenvalue weighted by molar-refractivity contribution is 0.0342. The minimum Gasteiger partial charge on any atom is -0.267 e. The van der Waals surface area contributed by atoms with Gasteiger partial charge in [-0.1, -0.05) is 60.7 Å². The Balaban J connectivity index is 1.49. The van der Waals surface area contributed by atoms with Gasteiger partial charge in [-0.25, -0.2) is 0 Å². The van der Waals surface area contributed by atoms with E-state index < -0.39 is 6.17 Å². The number of hydrazine groups is 1. The lowest BCUT2D eigenvalue weighted by atomic mass is 10.1. The molecular formula is C22H16N4O2. The van der Waals surface area contributed by atoms with Gasteiger partial charge in [-0.3, -0.25) is 9.59 Å². The topological polar surface area (TPSA) is 65.1 Å². The molecule has 1 unspecified atom stereocenters. The summed E-state index contributed by atoms with van der Waals surface area (Å²) >= 11 is 0. The van der Waals surface area contributed by atoms with Crippen LogP contribution in [0.5, 0.6) is 0 Å². The molecule has 6 heteroatoms. The third-order valence-corrected chi connectivity index (χ3v) is 4.94. The smallest absolute Gasteiger partial charge is 0.267 e. The summed E-state index contributed by atoms with van der Waals surface area (Å²) in [5.74, 6) is -0.641. The number of nitrogens with zero attached hydrogens (tertiary/aromatic N) is 4. The van der Waals surface area contributed by atoms with E-state index in [1.165, 1.54) is 5.01 Å². The van der Waals surface area contributed by atoms with Crippen molar-refractivity contribution in [2.24, 2.45) is 10.2 Å². The van der Waals surface area contributed by atoms with Gasteiger partial charge in [-0.2, -0.15) is 20.2 Å². The fourth-order valence-electron chi connectivity index (χ4n) is 3.55. The molecule has 28 heavy (non-hydrogen) atoms. The Bertz CT molecular complexity index is 1050. The number of rotatable bonds is 4. The Labute approximate surface area is 161 Å². The van der Waals surface area contributed by atoms with Gasteiger partial charge in [0.25, 0.3) is 11.8 Å². The van der Waals surface area contributed by atoms with Gasteiger partial charge >= 0.3 is 0 Å². The highest BCUT2D eigenvalue weighted by Gasteiger charge is 2.58. The van der Waals surface area contributed by atoms with Crippen LogP contribution in [0, 0.1) is 0 Å². The number of carbonyl (C=O) groups is 2. The monoisotopic (exact) mass is 368 g/mol. The number of azo groups is 1. The van der Waals surface area contributed by atoms with Gasteiger partial charge in [0.05, 0.1) is 22.9 Å². The number of hydrogen-bond donors (Lipinski definition) is 0. The maximum atomic E-state index is 12.9. The van der Waals surface area contributed by atoms with Crippen molar-refractivity contribution in [1.82, 2.24) is 10.0 Å². The van der Waals surface area contributed by atoms with Crippen LogP contribution in [0.2, 0.25) is 0 Å². The van der Waals surface area contributed by atoms with Crippen LogP contribution in [0.4, 0.5) is 5.69 Å². The number of amides is 2. The Morgan fingerprint density at radius 2 is 1.21 bits per heavy atom. The molecule has 0 N–H and O–H groups in total. The molecule has 0 aromatic heterocycles. The van der Waals surface area contributed by atoms with Crippen molar-refractivity contribution in [3.8, 4) is 0 Å². The molecule has 5 rings (SSSR count). The molecule has 1 saturated heterocycles. The molecular weight excluding hydrogens is 352 g/mol. The van der Waals surface area contributed by atoms with E-state index in [1.807, 2.05) is 60.7 Å². The zero-order chi connectivity index (χ0) is 19.1. The second kappa shape index (κ2) is 6.51.